The second-order valence-electron chi connectivity index (χ2n) is 4.55. The van der Waals surface area contributed by atoms with Crippen molar-refractivity contribution in [3.63, 3.8) is 0 Å². The van der Waals surface area contributed by atoms with Crippen LogP contribution in [0.15, 0.2) is 18.2 Å². The summed E-state index contributed by atoms with van der Waals surface area (Å²) in [4.78, 5) is 22.4. The number of carbonyl (C=O) groups is 2. The van der Waals surface area contributed by atoms with Crippen LogP contribution in [0, 0.1) is 5.82 Å². The van der Waals surface area contributed by atoms with E-state index in [0.29, 0.717) is 6.42 Å². The monoisotopic (exact) mass is 266 g/mol. The van der Waals surface area contributed by atoms with Gasteiger partial charge in [0.2, 0.25) is 5.91 Å². The van der Waals surface area contributed by atoms with Gasteiger partial charge in [-0.25, -0.2) is 9.18 Å². The first-order valence-electron chi connectivity index (χ1n) is 6.12. The number of carboxylic acids is 1. The number of anilines is 1. The molecule has 5 nitrogen and oxygen atoms in total. The lowest BCUT2D eigenvalue weighted by atomic mass is 10.1. The van der Waals surface area contributed by atoms with Gasteiger partial charge in [0.05, 0.1) is 11.3 Å². The minimum atomic E-state index is -1.20. The summed E-state index contributed by atoms with van der Waals surface area (Å²) < 4.78 is 13.6. The van der Waals surface area contributed by atoms with E-state index in [1.54, 1.807) is 0 Å². The van der Waals surface area contributed by atoms with E-state index in [4.69, 9.17) is 5.11 Å². The SMILES string of the molecule is O=C(CC1CCCN1)Nc1ccc(C(=O)O)cc1F. The molecule has 0 aromatic heterocycles. The highest BCUT2D eigenvalue weighted by Gasteiger charge is 2.18. The van der Waals surface area contributed by atoms with Gasteiger partial charge in [0.15, 0.2) is 0 Å². The van der Waals surface area contributed by atoms with E-state index < -0.39 is 11.8 Å². The predicted octanol–water partition coefficient (Wildman–Crippen LogP) is 1.60. The van der Waals surface area contributed by atoms with E-state index in [9.17, 15) is 14.0 Å². The van der Waals surface area contributed by atoms with Crippen molar-refractivity contribution in [1.82, 2.24) is 5.32 Å². The van der Waals surface area contributed by atoms with Crippen LogP contribution in [0.2, 0.25) is 0 Å². The van der Waals surface area contributed by atoms with Crippen LogP contribution in [-0.4, -0.2) is 29.6 Å². The first-order chi connectivity index (χ1) is 9.06. The fourth-order valence-corrected chi connectivity index (χ4v) is 2.11. The fraction of sp³-hybridized carbons (Fsp3) is 0.385. The Kier molecular flexibility index (Phi) is 4.11. The lowest BCUT2D eigenvalue weighted by molar-refractivity contribution is -0.116. The molecule has 1 aromatic rings. The second-order valence-corrected chi connectivity index (χ2v) is 4.55. The molecule has 1 heterocycles. The van der Waals surface area contributed by atoms with E-state index in [-0.39, 0.29) is 23.2 Å². The number of carboxylic acid groups (broad SMARTS) is 1. The van der Waals surface area contributed by atoms with Crippen LogP contribution in [0.3, 0.4) is 0 Å². The smallest absolute Gasteiger partial charge is 0.335 e. The summed E-state index contributed by atoms with van der Waals surface area (Å²) in [6, 6.07) is 3.56. The molecule has 0 aliphatic carbocycles. The number of aromatic carboxylic acids is 1. The molecule has 0 radical (unpaired) electrons. The molecule has 1 unspecified atom stereocenters. The molecule has 0 bridgehead atoms. The summed E-state index contributed by atoms with van der Waals surface area (Å²) >= 11 is 0. The van der Waals surface area contributed by atoms with Crippen LogP contribution >= 0.6 is 0 Å². The van der Waals surface area contributed by atoms with Crippen molar-refractivity contribution in [2.75, 3.05) is 11.9 Å². The summed E-state index contributed by atoms with van der Waals surface area (Å²) in [6.45, 7) is 0.902. The minimum absolute atomic E-state index is 0.00740. The zero-order valence-electron chi connectivity index (χ0n) is 10.3. The maximum absolute atomic E-state index is 13.6. The van der Waals surface area contributed by atoms with Crippen LogP contribution in [-0.2, 0) is 4.79 Å². The Balaban J connectivity index is 1.98. The lowest BCUT2D eigenvalue weighted by Crippen LogP contribution is -2.27. The standard InChI is InChI=1S/C13H15FN2O3/c14-10-6-8(13(18)19)3-4-11(10)16-12(17)7-9-2-1-5-15-9/h3-4,6,9,15H,1-2,5,7H2,(H,16,17)(H,18,19). The molecule has 19 heavy (non-hydrogen) atoms. The molecular formula is C13H15FN2O3. The fourth-order valence-electron chi connectivity index (χ4n) is 2.11. The number of amides is 1. The Morgan fingerprint density at radius 2 is 2.26 bits per heavy atom. The molecule has 1 fully saturated rings. The van der Waals surface area contributed by atoms with Gasteiger partial charge in [-0.3, -0.25) is 4.79 Å². The molecule has 3 N–H and O–H groups in total. The topological polar surface area (TPSA) is 78.4 Å². The van der Waals surface area contributed by atoms with Crippen LogP contribution in [0.1, 0.15) is 29.6 Å². The van der Waals surface area contributed by atoms with Crippen molar-refractivity contribution in [3.8, 4) is 0 Å². The molecule has 102 valence electrons. The zero-order chi connectivity index (χ0) is 13.8. The van der Waals surface area contributed by atoms with Gasteiger partial charge in [-0.05, 0) is 37.6 Å². The largest absolute Gasteiger partial charge is 0.478 e. The Morgan fingerprint density at radius 1 is 1.47 bits per heavy atom. The van der Waals surface area contributed by atoms with Gasteiger partial charge in [0.1, 0.15) is 5.82 Å². The van der Waals surface area contributed by atoms with Crippen molar-refractivity contribution < 1.29 is 19.1 Å². The third-order valence-corrected chi connectivity index (χ3v) is 3.08. The number of carbonyl (C=O) groups excluding carboxylic acids is 1. The molecule has 0 saturated carbocycles. The number of hydrogen-bond acceptors (Lipinski definition) is 3. The summed E-state index contributed by atoms with van der Waals surface area (Å²) in [5.41, 5.74) is -0.138. The van der Waals surface area contributed by atoms with Crippen molar-refractivity contribution in [3.05, 3.63) is 29.6 Å². The summed E-state index contributed by atoms with van der Waals surface area (Å²) in [6.07, 6.45) is 2.27. The van der Waals surface area contributed by atoms with Crippen molar-refractivity contribution in [1.29, 1.82) is 0 Å². The Bertz CT molecular complexity index is 499. The van der Waals surface area contributed by atoms with E-state index in [1.165, 1.54) is 12.1 Å². The number of nitrogens with one attached hydrogen (secondary N) is 2. The third kappa shape index (κ3) is 3.51. The van der Waals surface area contributed by atoms with Crippen LogP contribution in [0.4, 0.5) is 10.1 Å². The molecule has 1 amide bonds. The van der Waals surface area contributed by atoms with Gasteiger partial charge >= 0.3 is 5.97 Å². The Labute approximate surface area is 109 Å². The normalized spacial score (nSPS) is 18.3. The lowest BCUT2D eigenvalue weighted by Gasteiger charge is -2.11. The van der Waals surface area contributed by atoms with Gasteiger partial charge < -0.3 is 15.7 Å². The first-order valence-corrected chi connectivity index (χ1v) is 6.12. The molecule has 1 aliphatic heterocycles. The molecule has 1 atom stereocenters. The molecular weight excluding hydrogens is 251 g/mol. The number of benzene rings is 1. The Morgan fingerprint density at radius 3 is 2.84 bits per heavy atom. The molecule has 2 rings (SSSR count). The maximum atomic E-state index is 13.6. The number of rotatable bonds is 4. The first kappa shape index (κ1) is 13.5. The second kappa shape index (κ2) is 5.79. The van der Waals surface area contributed by atoms with E-state index >= 15 is 0 Å². The molecule has 1 aromatic carbocycles. The third-order valence-electron chi connectivity index (χ3n) is 3.08. The molecule has 0 spiro atoms. The van der Waals surface area contributed by atoms with Gasteiger partial charge in [-0.2, -0.15) is 0 Å². The maximum Gasteiger partial charge on any atom is 0.335 e. The van der Waals surface area contributed by atoms with Gasteiger partial charge in [0, 0.05) is 12.5 Å². The minimum Gasteiger partial charge on any atom is -0.478 e. The Hall–Kier alpha value is -1.95. The van der Waals surface area contributed by atoms with Gasteiger partial charge in [-0.1, -0.05) is 0 Å². The average molecular weight is 266 g/mol. The summed E-state index contributed by atoms with van der Waals surface area (Å²) in [5, 5.41) is 14.3. The van der Waals surface area contributed by atoms with Gasteiger partial charge in [-0.15, -0.1) is 0 Å². The predicted molar refractivity (Wildman–Crippen MR) is 67.6 cm³/mol. The van der Waals surface area contributed by atoms with E-state index in [2.05, 4.69) is 10.6 Å². The average Bonchev–Trinajstić information content (AvgIpc) is 2.84. The van der Waals surface area contributed by atoms with Gasteiger partial charge in [0.25, 0.3) is 0 Å². The highest BCUT2D eigenvalue weighted by molar-refractivity contribution is 5.93. The number of hydrogen-bond donors (Lipinski definition) is 3. The zero-order valence-corrected chi connectivity index (χ0v) is 10.3. The quantitative estimate of drug-likeness (QED) is 0.773. The molecule has 1 aliphatic rings. The molecule has 1 saturated heterocycles. The van der Waals surface area contributed by atoms with Crippen LogP contribution < -0.4 is 10.6 Å². The number of halogens is 1. The highest BCUT2D eigenvalue weighted by atomic mass is 19.1. The van der Waals surface area contributed by atoms with Crippen LogP contribution in [0.5, 0.6) is 0 Å². The van der Waals surface area contributed by atoms with Crippen molar-refractivity contribution in [2.45, 2.75) is 25.3 Å². The molecule has 6 heteroatoms. The summed E-state index contributed by atoms with van der Waals surface area (Å²) in [7, 11) is 0. The van der Waals surface area contributed by atoms with Crippen molar-refractivity contribution in [2.24, 2.45) is 0 Å². The van der Waals surface area contributed by atoms with E-state index in [1.807, 2.05) is 0 Å². The highest BCUT2D eigenvalue weighted by Crippen LogP contribution is 2.17. The van der Waals surface area contributed by atoms with Crippen LogP contribution in [0.25, 0.3) is 0 Å². The summed E-state index contributed by atoms with van der Waals surface area (Å²) in [5.74, 6) is -2.22. The van der Waals surface area contributed by atoms with E-state index in [0.717, 1.165) is 25.5 Å². The van der Waals surface area contributed by atoms with Crippen molar-refractivity contribution >= 4 is 17.6 Å².